The molecule has 41 heavy (non-hydrogen) atoms. The van der Waals surface area contributed by atoms with Crippen molar-refractivity contribution in [2.45, 2.75) is 38.1 Å². The first kappa shape index (κ1) is 36.2. The Labute approximate surface area is 259 Å². The van der Waals surface area contributed by atoms with Gasteiger partial charge in [0.1, 0.15) is 5.82 Å². The first-order chi connectivity index (χ1) is 17.8. The highest BCUT2D eigenvalue weighted by Crippen LogP contribution is 2.28. The second-order valence-electron chi connectivity index (χ2n) is 10.5. The fraction of sp³-hybridized carbons (Fsp3) is 0.370. The largest absolute Gasteiger partial charge is 0.478 e. The maximum absolute atomic E-state index is 12.8. The van der Waals surface area contributed by atoms with Gasteiger partial charge in [0.15, 0.2) is 0 Å². The van der Waals surface area contributed by atoms with Gasteiger partial charge in [-0.05, 0) is 64.1 Å². The molecule has 0 bridgehead atoms. The number of amides is 1. The molecule has 3 aromatic rings. The molecule has 1 aliphatic rings. The normalized spacial score (nSPS) is 13.8. The van der Waals surface area contributed by atoms with Crippen molar-refractivity contribution in [1.29, 1.82) is 0 Å². The van der Waals surface area contributed by atoms with Crippen LogP contribution >= 0.6 is 37.2 Å². The summed E-state index contributed by atoms with van der Waals surface area (Å²) in [6, 6.07) is 12.7. The summed E-state index contributed by atoms with van der Waals surface area (Å²) in [5.74, 6) is -0.631. The van der Waals surface area contributed by atoms with Crippen LogP contribution in [0.5, 0.6) is 0 Å². The van der Waals surface area contributed by atoms with Gasteiger partial charge in [0.05, 0.1) is 22.5 Å². The number of benzene rings is 2. The zero-order chi connectivity index (χ0) is 27.7. The molecule has 0 unspecified atom stereocenters. The van der Waals surface area contributed by atoms with E-state index in [1.807, 2.05) is 32.6 Å². The van der Waals surface area contributed by atoms with Gasteiger partial charge in [0, 0.05) is 42.8 Å². The van der Waals surface area contributed by atoms with Crippen molar-refractivity contribution in [2.24, 2.45) is 0 Å². The second kappa shape index (κ2) is 14.4. The third kappa shape index (κ3) is 9.34. The highest BCUT2D eigenvalue weighted by molar-refractivity contribution is 7.92. The predicted molar refractivity (Wildman–Crippen MR) is 169 cm³/mol. The molecule has 1 aliphatic heterocycles. The van der Waals surface area contributed by atoms with Gasteiger partial charge in [-0.2, -0.15) is 0 Å². The Hall–Kier alpha value is -2.83. The standard InChI is InChI=1S/C27H33N5O5S.3ClH/c1-18-5-8-20(9-6-18)38(36,37)30-19-7-10-23-21(15-19)22(26(34)35)16-24(28-23)32-13-11-31(12-14-32)17-25(33)29-27(2,3)4;;;/h5-10,15-16,30H,11-14,17H2,1-4H3,(H,29,33)(H,34,35);3*1H. The van der Waals surface area contributed by atoms with Crippen molar-refractivity contribution < 1.29 is 23.1 Å². The number of carbonyl (C=O) groups excluding carboxylic acids is 1. The number of rotatable bonds is 7. The van der Waals surface area contributed by atoms with E-state index in [0.29, 0.717) is 49.4 Å². The number of aryl methyl sites for hydroxylation is 1. The summed E-state index contributed by atoms with van der Waals surface area (Å²) in [5, 5.41) is 13.2. The molecule has 4 rings (SSSR count). The van der Waals surface area contributed by atoms with E-state index in [4.69, 9.17) is 0 Å². The number of nitrogens with one attached hydrogen (secondary N) is 2. The number of carbonyl (C=O) groups is 2. The van der Waals surface area contributed by atoms with Gasteiger partial charge in [0.2, 0.25) is 5.91 Å². The van der Waals surface area contributed by atoms with Crippen molar-refractivity contribution in [1.82, 2.24) is 15.2 Å². The van der Waals surface area contributed by atoms with E-state index in [0.717, 1.165) is 5.56 Å². The number of fused-ring (bicyclic) bond motifs is 1. The number of pyridine rings is 1. The SMILES string of the molecule is Cc1ccc(S(=O)(=O)Nc2ccc3nc(N4CCN(CC(=O)NC(C)(C)C)CC4)cc(C(=O)O)c3c2)cc1.Cl.Cl.Cl. The van der Waals surface area contributed by atoms with Gasteiger partial charge in [-0.3, -0.25) is 14.4 Å². The molecule has 0 atom stereocenters. The summed E-state index contributed by atoms with van der Waals surface area (Å²) >= 11 is 0. The molecule has 2 aromatic carbocycles. The summed E-state index contributed by atoms with van der Waals surface area (Å²) in [7, 11) is -3.84. The van der Waals surface area contributed by atoms with E-state index < -0.39 is 16.0 Å². The maximum atomic E-state index is 12.8. The quantitative estimate of drug-likeness (QED) is 0.345. The molecule has 1 saturated heterocycles. The number of halogens is 3. The monoisotopic (exact) mass is 647 g/mol. The Kier molecular flexibility index (Phi) is 12.7. The number of hydrogen-bond acceptors (Lipinski definition) is 7. The molecule has 0 radical (unpaired) electrons. The predicted octanol–water partition coefficient (Wildman–Crippen LogP) is 4.34. The number of carboxylic acids is 1. The van der Waals surface area contributed by atoms with Crippen LogP contribution in [0, 0.1) is 6.92 Å². The number of hydrogen-bond donors (Lipinski definition) is 3. The molecule has 1 amide bonds. The lowest BCUT2D eigenvalue weighted by atomic mass is 10.1. The van der Waals surface area contributed by atoms with Crippen molar-refractivity contribution >= 4 is 81.5 Å². The van der Waals surface area contributed by atoms with E-state index >= 15 is 0 Å². The van der Waals surface area contributed by atoms with Crippen molar-refractivity contribution in [3.63, 3.8) is 0 Å². The smallest absolute Gasteiger partial charge is 0.336 e. The minimum atomic E-state index is -3.84. The number of nitrogens with zero attached hydrogens (tertiary/aromatic N) is 3. The van der Waals surface area contributed by atoms with Crippen LogP contribution < -0.4 is 14.9 Å². The van der Waals surface area contributed by atoms with Crippen LogP contribution in [-0.2, 0) is 14.8 Å². The Balaban J connectivity index is 0.00000280. The van der Waals surface area contributed by atoms with Crippen molar-refractivity contribution in [3.05, 3.63) is 59.7 Å². The van der Waals surface area contributed by atoms with Crippen LogP contribution in [0.4, 0.5) is 11.5 Å². The zero-order valence-electron chi connectivity index (χ0n) is 23.2. The van der Waals surface area contributed by atoms with Crippen LogP contribution in [0.2, 0.25) is 0 Å². The van der Waals surface area contributed by atoms with Gasteiger partial charge < -0.3 is 15.3 Å². The molecule has 2 heterocycles. The average Bonchev–Trinajstić information content (AvgIpc) is 2.82. The minimum absolute atomic E-state index is 0. The summed E-state index contributed by atoms with van der Waals surface area (Å²) in [6.07, 6.45) is 0. The summed E-state index contributed by atoms with van der Waals surface area (Å²) in [5.41, 5.74) is 1.38. The fourth-order valence-corrected chi connectivity index (χ4v) is 5.39. The fourth-order valence-electron chi connectivity index (χ4n) is 4.34. The number of aromatic nitrogens is 1. The molecule has 226 valence electrons. The first-order valence-corrected chi connectivity index (χ1v) is 13.8. The Morgan fingerprint density at radius 3 is 2.12 bits per heavy atom. The van der Waals surface area contributed by atoms with E-state index in [1.54, 1.807) is 24.3 Å². The van der Waals surface area contributed by atoms with Gasteiger partial charge in [0.25, 0.3) is 10.0 Å². The average molecular weight is 649 g/mol. The van der Waals surface area contributed by atoms with Crippen molar-refractivity contribution in [2.75, 3.05) is 42.3 Å². The van der Waals surface area contributed by atoms with Gasteiger partial charge in [-0.1, -0.05) is 17.7 Å². The lowest BCUT2D eigenvalue weighted by Gasteiger charge is -2.35. The molecule has 14 heteroatoms. The summed E-state index contributed by atoms with van der Waals surface area (Å²) in [4.78, 5) is 33.3. The Morgan fingerprint density at radius 2 is 1.56 bits per heavy atom. The topological polar surface area (TPSA) is 132 Å². The molecular weight excluding hydrogens is 613 g/mol. The second-order valence-corrected chi connectivity index (χ2v) is 12.2. The van der Waals surface area contributed by atoms with Gasteiger partial charge >= 0.3 is 5.97 Å². The van der Waals surface area contributed by atoms with E-state index in [2.05, 4.69) is 19.9 Å². The van der Waals surface area contributed by atoms with Crippen LogP contribution in [-0.4, -0.2) is 73.5 Å². The van der Waals surface area contributed by atoms with Crippen molar-refractivity contribution in [3.8, 4) is 0 Å². The third-order valence-corrected chi connectivity index (χ3v) is 7.58. The number of sulfonamides is 1. The highest BCUT2D eigenvalue weighted by atomic mass is 35.5. The van der Waals surface area contributed by atoms with Crippen LogP contribution in [0.3, 0.4) is 0 Å². The van der Waals surface area contributed by atoms with E-state index in [1.165, 1.54) is 24.3 Å². The van der Waals surface area contributed by atoms with E-state index in [9.17, 15) is 23.1 Å². The molecule has 1 aromatic heterocycles. The zero-order valence-corrected chi connectivity index (χ0v) is 26.5. The van der Waals surface area contributed by atoms with Gasteiger partial charge in [-0.15, -0.1) is 37.2 Å². The third-order valence-electron chi connectivity index (χ3n) is 6.19. The number of piperazine rings is 1. The molecule has 1 fully saturated rings. The molecule has 0 saturated carbocycles. The van der Waals surface area contributed by atoms with Crippen LogP contribution in [0.1, 0.15) is 36.7 Å². The Bertz CT molecular complexity index is 1470. The number of aromatic carboxylic acids is 1. The summed E-state index contributed by atoms with van der Waals surface area (Å²) < 4.78 is 28.2. The summed E-state index contributed by atoms with van der Waals surface area (Å²) in [6.45, 7) is 10.5. The van der Waals surface area contributed by atoms with Gasteiger partial charge in [-0.25, -0.2) is 18.2 Å². The number of anilines is 2. The van der Waals surface area contributed by atoms with Crippen LogP contribution in [0.15, 0.2) is 53.4 Å². The first-order valence-electron chi connectivity index (χ1n) is 12.4. The molecule has 3 N–H and O–H groups in total. The molecule has 0 spiro atoms. The lowest BCUT2D eigenvalue weighted by molar-refractivity contribution is -0.123. The van der Waals surface area contributed by atoms with Crippen LogP contribution in [0.25, 0.3) is 10.9 Å². The molecule has 0 aliphatic carbocycles. The van der Waals surface area contributed by atoms with E-state index in [-0.39, 0.29) is 64.8 Å². The maximum Gasteiger partial charge on any atom is 0.336 e. The lowest BCUT2D eigenvalue weighted by Crippen LogP contribution is -2.52. The Morgan fingerprint density at radius 1 is 0.951 bits per heavy atom. The highest BCUT2D eigenvalue weighted by Gasteiger charge is 2.24. The number of carboxylic acid groups (broad SMARTS) is 1. The minimum Gasteiger partial charge on any atom is -0.478 e. The molecule has 10 nitrogen and oxygen atoms in total. The molecular formula is C27H36Cl3N5O5S.